The molecule has 0 aliphatic carbocycles. The standard InChI is InChI=1S/C16H22N4/c1-2-6-15(7-3-1)16(20-18-11-12-19-20)9-8-14-5-4-10-17-13-14/h1-3,6-7,11-12,14,16-17H,4-5,8-10,13H2. The summed E-state index contributed by atoms with van der Waals surface area (Å²) in [4.78, 5) is 1.85. The largest absolute Gasteiger partial charge is 0.316 e. The number of hydrogen-bond donors (Lipinski definition) is 1. The third kappa shape index (κ3) is 3.25. The summed E-state index contributed by atoms with van der Waals surface area (Å²) in [5.41, 5.74) is 1.30. The van der Waals surface area contributed by atoms with Crippen molar-refractivity contribution in [1.29, 1.82) is 0 Å². The lowest BCUT2D eigenvalue weighted by Crippen LogP contribution is -2.30. The normalized spacial score (nSPS) is 20.7. The second-order valence-electron chi connectivity index (χ2n) is 5.57. The van der Waals surface area contributed by atoms with E-state index in [1.807, 2.05) is 4.80 Å². The van der Waals surface area contributed by atoms with Crippen molar-refractivity contribution in [3.8, 4) is 0 Å². The highest BCUT2D eigenvalue weighted by Crippen LogP contribution is 2.26. The first-order chi connectivity index (χ1) is 9.93. The van der Waals surface area contributed by atoms with Crippen LogP contribution in [-0.2, 0) is 0 Å². The molecule has 2 heterocycles. The van der Waals surface area contributed by atoms with Crippen LogP contribution in [0, 0.1) is 5.92 Å². The Morgan fingerprint density at radius 1 is 1.20 bits per heavy atom. The highest BCUT2D eigenvalue weighted by Gasteiger charge is 2.19. The lowest BCUT2D eigenvalue weighted by Gasteiger charge is -2.25. The van der Waals surface area contributed by atoms with Gasteiger partial charge in [-0.05, 0) is 50.3 Å². The van der Waals surface area contributed by atoms with Crippen molar-refractivity contribution >= 4 is 0 Å². The predicted octanol–water partition coefficient (Wildman–Crippen LogP) is 2.65. The molecule has 4 heteroatoms. The lowest BCUT2D eigenvalue weighted by atomic mass is 9.91. The summed E-state index contributed by atoms with van der Waals surface area (Å²) >= 11 is 0. The van der Waals surface area contributed by atoms with Crippen molar-refractivity contribution < 1.29 is 0 Å². The quantitative estimate of drug-likeness (QED) is 0.908. The number of benzene rings is 1. The summed E-state index contributed by atoms with van der Waals surface area (Å²) in [5.74, 6) is 0.797. The van der Waals surface area contributed by atoms with Gasteiger partial charge in [0.1, 0.15) is 0 Å². The van der Waals surface area contributed by atoms with Crippen molar-refractivity contribution in [2.45, 2.75) is 31.7 Å². The Hall–Kier alpha value is -1.68. The molecule has 0 bridgehead atoms. The van der Waals surface area contributed by atoms with Crippen LogP contribution in [0.2, 0.25) is 0 Å². The van der Waals surface area contributed by atoms with Crippen LogP contribution in [0.3, 0.4) is 0 Å². The molecule has 4 nitrogen and oxygen atoms in total. The second-order valence-corrected chi connectivity index (χ2v) is 5.57. The molecule has 1 saturated heterocycles. The van der Waals surface area contributed by atoms with Crippen molar-refractivity contribution in [1.82, 2.24) is 20.3 Å². The minimum Gasteiger partial charge on any atom is -0.316 e. The summed E-state index contributed by atoms with van der Waals surface area (Å²) in [5, 5.41) is 12.2. The van der Waals surface area contributed by atoms with Crippen LogP contribution in [-0.4, -0.2) is 28.1 Å². The van der Waals surface area contributed by atoms with Gasteiger partial charge in [-0.25, -0.2) is 0 Å². The molecular weight excluding hydrogens is 248 g/mol. The average Bonchev–Trinajstić information content (AvgIpc) is 3.04. The Bertz CT molecular complexity index is 488. The summed E-state index contributed by atoms with van der Waals surface area (Å²) in [7, 11) is 0. The van der Waals surface area contributed by atoms with Crippen LogP contribution < -0.4 is 5.32 Å². The zero-order chi connectivity index (χ0) is 13.6. The molecule has 1 fully saturated rings. The molecule has 1 aliphatic heterocycles. The zero-order valence-corrected chi connectivity index (χ0v) is 11.8. The van der Waals surface area contributed by atoms with Crippen molar-refractivity contribution in [2.75, 3.05) is 13.1 Å². The third-order valence-electron chi connectivity index (χ3n) is 4.15. The van der Waals surface area contributed by atoms with Gasteiger partial charge >= 0.3 is 0 Å². The van der Waals surface area contributed by atoms with Gasteiger partial charge in [-0.3, -0.25) is 0 Å². The Morgan fingerprint density at radius 3 is 2.70 bits per heavy atom. The van der Waals surface area contributed by atoms with Crippen molar-refractivity contribution in [3.63, 3.8) is 0 Å². The van der Waals surface area contributed by atoms with E-state index >= 15 is 0 Å². The Labute approximate surface area is 120 Å². The van der Waals surface area contributed by atoms with E-state index in [2.05, 4.69) is 45.8 Å². The molecule has 1 N–H and O–H groups in total. The first-order valence-electron chi connectivity index (χ1n) is 7.55. The van der Waals surface area contributed by atoms with Gasteiger partial charge in [0.15, 0.2) is 0 Å². The molecule has 1 aromatic heterocycles. The van der Waals surface area contributed by atoms with Crippen molar-refractivity contribution in [3.05, 3.63) is 48.3 Å². The Morgan fingerprint density at radius 2 is 2.00 bits per heavy atom. The molecule has 2 atom stereocenters. The molecule has 0 amide bonds. The number of nitrogens with zero attached hydrogens (tertiary/aromatic N) is 3. The molecule has 1 aromatic carbocycles. The van der Waals surface area contributed by atoms with Crippen molar-refractivity contribution in [2.24, 2.45) is 5.92 Å². The summed E-state index contributed by atoms with van der Waals surface area (Å²) < 4.78 is 0. The number of piperidine rings is 1. The van der Waals surface area contributed by atoms with Gasteiger partial charge in [0.2, 0.25) is 0 Å². The van der Waals surface area contributed by atoms with E-state index in [1.165, 1.54) is 31.4 Å². The first-order valence-corrected chi connectivity index (χ1v) is 7.55. The summed E-state index contributed by atoms with van der Waals surface area (Å²) in [6, 6.07) is 10.8. The second kappa shape index (κ2) is 6.66. The molecule has 0 spiro atoms. The van der Waals surface area contributed by atoms with E-state index in [0.29, 0.717) is 0 Å². The molecule has 1 aliphatic rings. The highest BCUT2D eigenvalue weighted by molar-refractivity contribution is 5.19. The number of rotatable bonds is 5. The molecule has 0 radical (unpaired) electrons. The van der Waals surface area contributed by atoms with Gasteiger partial charge in [0.05, 0.1) is 18.4 Å². The number of hydrogen-bond acceptors (Lipinski definition) is 3. The van der Waals surface area contributed by atoms with Gasteiger partial charge in [0.25, 0.3) is 0 Å². The maximum Gasteiger partial charge on any atom is 0.0965 e. The van der Waals surface area contributed by atoms with Gasteiger partial charge in [-0.1, -0.05) is 30.3 Å². The summed E-state index contributed by atoms with van der Waals surface area (Å²) in [6.45, 7) is 2.34. The smallest absolute Gasteiger partial charge is 0.0965 e. The van der Waals surface area contributed by atoms with E-state index < -0.39 is 0 Å². The van der Waals surface area contributed by atoms with Crippen LogP contribution in [0.5, 0.6) is 0 Å². The monoisotopic (exact) mass is 270 g/mol. The van der Waals surface area contributed by atoms with E-state index in [9.17, 15) is 0 Å². The molecule has 20 heavy (non-hydrogen) atoms. The van der Waals surface area contributed by atoms with Crippen LogP contribution in [0.4, 0.5) is 0 Å². The minimum atomic E-state index is 0.258. The molecule has 2 aromatic rings. The SMILES string of the molecule is c1ccc(C(CCC2CCCNC2)n2nccn2)cc1. The van der Waals surface area contributed by atoms with E-state index in [-0.39, 0.29) is 6.04 Å². The van der Waals surface area contributed by atoms with Gasteiger partial charge in [-0.15, -0.1) is 0 Å². The lowest BCUT2D eigenvalue weighted by molar-refractivity contribution is 0.319. The molecule has 3 rings (SSSR count). The fourth-order valence-electron chi connectivity index (χ4n) is 3.04. The minimum absolute atomic E-state index is 0.258. The molecular formula is C16H22N4. The van der Waals surface area contributed by atoms with E-state index in [0.717, 1.165) is 18.9 Å². The number of aromatic nitrogens is 3. The van der Waals surface area contributed by atoms with Crippen LogP contribution >= 0.6 is 0 Å². The van der Waals surface area contributed by atoms with Crippen LogP contribution in [0.15, 0.2) is 42.7 Å². The molecule has 106 valence electrons. The summed E-state index contributed by atoms with van der Waals surface area (Å²) in [6.07, 6.45) is 8.51. The van der Waals surface area contributed by atoms with Crippen LogP contribution in [0.25, 0.3) is 0 Å². The maximum atomic E-state index is 4.35. The third-order valence-corrected chi connectivity index (χ3v) is 4.15. The van der Waals surface area contributed by atoms with E-state index in [1.54, 1.807) is 12.4 Å². The predicted molar refractivity (Wildman–Crippen MR) is 79.4 cm³/mol. The Balaban J connectivity index is 1.69. The fraction of sp³-hybridized carbons (Fsp3) is 0.500. The van der Waals surface area contributed by atoms with Gasteiger partial charge in [-0.2, -0.15) is 15.0 Å². The fourth-order valence-corrected chi connectivity index (χ4v) is 3.04. The zero-order valence-electron chi connectivity index (χ0n) is 11.8. The number of nitrogens with one attached hydrogen (secondary N) is 1. The molecule has 0 saturated carbocycles. The maximum absolute atomic E-state index is 4.35. The van der Waals surface area contributed by atoms with Gasteiger partial charge < -0.3 is 5.32 Å². The van der Waals surface area contributed by atoms with Gasteiger partial charge in [0, 0.05) is 0 Å². The van der Waals surface area contributed by atoms with E-state index in [4.69, 9.17) is 0 Å². The highest BCUT2D eigenvalue weighted by atomic mass is 15.5. The first kappa shape index (κ1) is 13.3. The van der Waals surface area contributed by atoms with Crippen LogP contribution in [0.1, 0.15) is 37.3 Å². The topological polar surface area (TPSA) is 42.7 Å². The molecule has 2 unspecified atom stereocenters. The Kier molecular flexibility index (Phi) is 4.43. The average molecular weight is 270 g/mol.